The standard InChI is InChI=1S/C16H25N7O/c1-4-23-14(11-21(2)3)19-20-15(23)12-6-9-22(10-7-12)16(24)13-5-8-17-18-13/h5,8,12H,4,6-7,9-11H2,1-3H3,(H,17,18). The third-order valence-corrected chi connectivity index (χ3v) is 4.51. The molecule has 3 rings (SSSR count). The third kappa shape index (κ3) is 3.33. The molecule has 0 unspecified atom stereocenters. The first-order chi connectivity index (χ1) is 11.6. The second kappa shape index (κ2) is 7.12. The average molecular weight is 331 g/mol. The molecule has 8 heteroatoms. The molecular weight excluding hydrogens is 306 g/mol. The van der Waals surface area contributed by atoms with Crippen molar-refractivity contribution in [3.8, 4) is 0 Å². The molecule has 3 heterocycles. The molecule has 0 bridgehead atoms. The van der Waals surface area contributed by atoms with Crippen LogP contribution in [0, 0.1) is 0 Å². The first kappa shape index (κ1) is 16.6. The fourth-order valence-corrected chi connectivity index (χ4v) is 3.28. The maximum Gasteiger partial charge on any atom is 0.271 e. The molecular formula is C16H25N7O. The van der Waals surface area contributed by atoms with Gasteiger partial charge in [-0.3, -0.25) is 9.89 Å². The molecule has 24 heavy (non-hydrogen) atoms. The van der Waals surface area contributed by atoms with Gasteiger partial charge in [0.05, 0.1) is 6.54 Å². The molecule has 130 valence electrons. The normalized spacial score (nSPS) is 16.1. The number of aromatic nitrogens is 5. The van der Waals surface area contributed by atoms with E-state index in [1.807, 2.05) is 19.0 Å². The molecule has 0 spiro atoms. The predicted octanol–water partition coefficient (Wildman–Crippen LogP) is 1.10. The summed E-state index contributed by atoms with van der Waals surface area (Å²) in [7, 11) is 4.07. The van der Waals surface area contributed by atoms with Crippen molar-refractivity contribution in [3.05, 3.63) is 29.6 Å². The highest BCUT2D eigenvalue weighted by Gasteiger charge is 2.28. The number of amides is 1. The average Bonchev–Trinajstić information content (AvgIpc) is 3.23. The van der Waals surface area contributed by atoms with Crippen molar-refractivity contribution < 1.29 is 4.79 Å². The first-order valence-corrected chi connectivity index (χ1v) is 8.45. The lowest BCUT2D eigenvalue weighted by atomic mass is 9.95. The third-order valence-electron chi connectivity index (χ3n) is 4.51. The quantitative estimate of drug-likeness (QED) is 0.887. The van der Waals surface area contributed by atoms with Crippen LogP contribution in [0.15, 0.2) is 12.3 Å². The van der Waals surface area contributed by atoms with E-state index in [1.54, 1.807) is 12.3 Å². The van der Waals surface area contributed by atoms with E-state index in [0.717, 1.165) is 50.7 Å². The van der Waals surface area contributed by atoms with Gasteiger partial charge < -0.3 is 14.4 Å². The van der Waals surface area contributed by atoms with Gasteiger partial charge in [-0.1, -0.05) is 0 Å². The molecule has 0 saturated carbocycles. The second-order valence-corrected chi connectivity index (χ2v) is 6.49. The van der Waals surface area contributed by atoms with Crippen LogP contribution in [-0.4, -0.2) is 67.9 Å². The van der Waals surface area contributed by atoms with Crippen LogP contribution in [0.3, 0.4) is 0 Å². The van der Waals surface area contributed by atoms with E-state index in [1.165, 1.54) is 0 Å². The summed E-state index contributed by atoms with van der Waals surface area (Å²) < 4.78 is 2.22. The van der Waals surface area contributed by atoms with Gasteiger partial charge in [-0.15, -0.1) is 10.2 Å². The highest BCUT2D eigenvalue weighted by Crippen LogP contribution is 2.28. The van der Waals surface area contributed by atoms with Crippen LogP contribution in [0.1, 0.15) is 47.8 Å². The minimum absolute atomic E-state index is 0.0243. The van der Waals surface area contributed by atoms with Crippen LogP contribution in [0.5, 0.6) is 0 Å². The Balaban J connectivity index is 1.66. The number of H-pyrrole nitrogens is 1. The molecule has 0 aromatic carbocycles. The van der Waals surface area contributed by atoms with Gasteiger partial charge in [-0.05, 0) is 39.9 Å². The van der Waals surface area contributed by atoms with Crippen LogP contribution >= 0.6 is 0 Å². The van der Waals surface area contributed by atoms with Gasteiger partial charge >= 0.3 is 0 Å². The molecule has 2 aromatic heterocycles. The van der Waals surface area contributed by atoms with E-state index in [-0.39, 0.29) is 5.91 Å². The monoisotopic (exact) mass is 331 g/mol. The first-order valence-electron chi connectivity index (χ1n) is 8.45. The lowest BCUT2D eigenvalue weighted by Crippen LogP contribution is -2.38. The van der Waals surface area contributed by atoms with Gasteiger partial charge in [0.15, 0.2) is 0 Å². The van der Waals surface area contributed by atoms with Crippen molar-refractivity contribution >= 4 is 5.91 Å². The molecule has 1 N–H and O–H groups in total. The predicted molar refractivity (Wildman–Crippen MR) is 89.6 cm³/mol. The lowest BCUT2D eigenvalue weighted by molar-refractivity contribution is 0.0704. The minimum Gasteiger partial charge on any atom is -0.337 e. The Morgan fingerprint density at radius 3 is 2.67 bits per heavy atom. The number of piperidine rings is 1. The number of carbonyl (C=O) groups excluding carboxylic acids is 1. The molecule has 1 fully saturated rings. The maximum absolute atomic E-state index is 12.4. The molecule has 0 aliphatic carbocycles. The SMILES string of the molecule is CCn1c(CN(C)C)nnc1C1CCN(C(=O)c2ccn[nH]2)CC1. The smallest absolute Gasteiger partial charge is 0.271 e. The molecule has 8 nitrogen and oxygen atoms in total. The highest BCUT2D eigenvalue weighted by molar-refractivity contribution is 5.92. The van der Waals surface area contributed by atoms with Crippen LogP contribution in [0.2, 0.25) is 0 Å². The van der Waals surface area contributed by atoms with E-state index in [0.29, 0.717) is 11.6 Å². The Hall–Kier alpha value is -2.22. The van der Waals surface area contributed by atoms with Gasteiger partial charge in [0.2, 0.25) is 0 Å². The van der Waals surface area contributed by atoms with Gasteiger partial charge in [-0.25, -0.2) is 0 Å². The molecule has 0 atom stereocenters. The Kier molecular flexibility index (Phi) is 4.94. The number of hydrogen-bond donors (Lipinski definition) is 1. The minimum atomic E-state index is 0.0243. The summed E-state index contributed by atoms with van der Waals surface area (Å²) in [5, 5.41) is 15.4. The number of hydrogen-bond acceptors (Lipinski definition) is 5. The molecule has 1 amide bonds. The number of nitrogens with zero attached hydrogens (tertiary/aromatic N) is 6. The zero-order chi connectivity index (χ0) is 17.1. The van der Waals surface area contributed by atoms with Crippen LogP contribution in [0.25, 0.3) is 0 Å². The summed E-state index contributed by atoms with van der Waals surface area (Å²) in [6, 6.07) is 1.72. The number of likely N-dealkylation sites (tertiary alicyclic amines) is 1. The molecule has 2 aromatic rings. The van der Waals surface area contributed by atoms with E-state index in [4.69, 9.17) is 0 Å². The highest BCUT2D eigenvalue weighted by atomic mass is 16.2. The Morgan fingerprint density at radius 1 is 1.33 bits per heavy atom. The van der Waals surface area contributed by atoms with Crippen LogP contribution in [0.4, 0.5) is 0 Å². The Bertz CT molecular complexity index is 669. The Labute approximate surface area is 141 Å². The summed E-state index contributed by atoms with van der Waals surface area (Å²) in [6.45, 7) is 5.27. The summed E-state index contributed by atoms with van der Waals surface area (Å²) in [5.74, 6) is 2.45. The van der Waals surface area contributed by atoms with E-state index < -0.39 is 0 Å². The lowest BCUT2D eigenvalue weighted by Gasteiger charge is -2.31. The van der Waals surface area contributed by atoms with Crippen molar-refractivity contribution in [3.63, 3.8) is 0 Å². The summed E-state index contributed by atoms with van der Waals surface area (Å²) >= 11 is 0. The van der Waals surface area contributed by atoms with E-state index >= 15 is 0 Å². The van der Waals surface area contributed by atoms with E-state index in [9.17, 15) is 4.79 Å². The fraction of sp³-hybridized carbons (Fsp3) is 0.625. The summed E-state index contributed by atoms with van der Waals surface area (Å²) in [5.41, 5.74) is 0.554. The number of aromatic amines is 1. The zero-order valence-corrected chi connectivity index (χ0v) is 14.6. The largest absolute Gasteiger partial charge is 0.337 e. The Morgan fingerprint density at radius 2 is 2.08 bits per heavy atom. The molecule has 0 radical (unpaired) electrons. The molecule has 1 aliphatic heterocycles. The van der Waals surface area contributed by atoms with Crippen molar-refractivity contribution in [1.82, 2.24) is 34.8 Å². The molecule has 1 aliphatic rings. The van der Waals surface area contributed by atoms with Crippen molar-refractivity contribution in [2.45, 2.75) is 38.8 Å². The fourth-order valence-electron chi connectivity index (χ4n) is 3.28. The van der Waals surface area contributed by atoms with Crippen molar-refractivity contribution in [2.75, 3.05) is 27.2 Å². The van der Waals surface area contributed by atoms with E-state index in [2.05, 4.69) is 36.8 Å². The van der Waals surface area contributed by atoms with Crippen LogP contribution in [-0.2, 0) is 13.1 Å². The maximum atomic E-state index is 12.4. The van der Waals surface area contributed by atoms with Crippen LogP contribution < -0.4 is 0 Å². The summed E-state index contributed by atoms with van der Waals surface area (Å²) in [4.78, 5) is 16.4. The van der Waals surface area contributed by atoms with Gasteiger partial charge in [-0.2, -0.15) is 5.10 Å². The summed E-state index contributed by atoms with van der Waals surface area (Å²) in [6.07, 6.45) is 3.44. The van der Waals surface area contributed by atoms with Gasteiger partial charge in [0.25, 0.3) is 5.91 Å². The number of carbonyl (C=O) groups is 1. The van der Waals surface area contributed by atoms with Crippen molar-refractivity contribution in [2.24, 2.45) is 0 Å². The number of nitrogens with one attached hydrogen (secondary N) is 1. The van der Waals surface area contributed by atoms with Gasteiger partial charge in [0, 0.05) is 31.7 Å². The van der Waals surface area contributed by atoms with Gasteiger partial charge in [0.1, 0.15) is 17.3 Å². The molecule has 1 saturated heterocycles. The number of rotatable bonds is 5. The topological polar surface area (TPSA) is 82.9 Å². The second-order valence-electron chi connectivity index (χ2n) is 6.49. The zero-order valence-electron chi connectivity index (χ0n) is 14.6. The van der Waals surface area contributed by atoms with Crippen molar-refractivity contribution in [1.29, 1.82) is 0 Å².